The van der Waals surface area contributed by atoms with E-state index in [2.05, 4.69) is 135 Å². The molecule has 7 rings (SSSR count). The van der Waals surface area contributed by atoms with Crippen molar-refractivity contribution in [3.8, 4) is 22.3 Å². The van der Waals surface area contributed by atoms with Gasteiger partial charge in [-0.15, -0.1) is 0 Å². The lowest BCUT2D eigenvalue weighted by Gasteiger charge is -2.12. The summed E-state index contributed by atoms with van der Waals surface area (Å²) >= 11 is 0. The maximum Gasteiger partial charge on any atom is 0.0738 e. The SMILES string of the molecule is Cc1cccc(C)c1-c1c2nc(cc3ccc([nH]3)c(-c3c(C)cccc3C)c3ccc(cc4nc1C=C4)[nH]3)C=C2. The van der Waals surface area contributed by atoms with Crippen LogP contribution in [0.1, 0.15) is 45.0 Å². The molecule has 2 N–H and O–H groups in total. The van der Waals surface area contributed by atoms with Gasteiger partial charge in [0.05, 0.1) is 22.8 Å². The second-order valence-electron chi connectivity index (χ2n) is 10.7. The van der Waals surface area contributed by atoms with Gasteiger partial charge in [-0.3, -0.25) is 0 Å². The lowest BCUT2D eigenvalue weighted by molar-refractivity contribution is 1.26. The molecular weight excluding hydrogens is 488 g/mol. The second-order valence-corrected chi connectivity index (χ2v) is 10.7. The van der Waals surface area contributed by atoms with Crippen molar-refractivity contribution in [2.24, 2.45) is 0 Å². The smallest absolute Gasteiger partial charge is 0.0738 e. The van der Waals surface area contributed by atoms with Crippen molar-refractivity contribution in [3.05, 3.63) is 118 Å². The van der Waals surface area contributed by atoms with Gasteiger partial charge in [0.1, 0.15) is 0 Å². The number of hydrogen-bond acceptors (Lipinski definition) is 2. The maximum atomic E-state index is 5.09. The normalized spacial score (nSPS) is 12.3. The number of nitrogens with zero attached hydrogens (tertiary/aromatic N) is 2. The van der Waals surface area contributed by atoms with Crippen LogP contribution in [0.5, 0.6) is 0 Å². The zero-order valence-corrected chi connectivity index (χ0v) is 23.1. The quantitative estimate of drug-likeness (QED) is 0.240. The Kier molecular flexibility index (Phi) is 5.64. The highest BCUT2D eigenvalue weighted by Crippen LogP contribution is 2.36. The van der Waals surface area contributed by atoms with Gasteiger partial charge in [0.15, 0.2) is 0 Å². The Morgan fingerprint density at radius 1 is 0.450 bits per heavy atom. The second kappa shape index (κ2) is 9.35. The van der Waals surface area contributed by atoms with Crippen molar-refractivity contribution >= 4 is 46.4 Å². The van der Waals surface area contributed by atoms with E-state index in [1.54, 1.807) is 0 Å². The molecule has 194 valence electrons. The molecule has 0 saturated heterocycles. The van der Waals surface area contributed by atoms with Gasteiger partial charge in [-0.1, -0.05) is 36.4 Å². The first-order chi connectivity index (χ1) is 19.4. The zero-order valence-electron chi connectivity index (χ0n) is 23.1. The van der Waals surface area contributed by atoms with E-state index in [0.29, 0.717) is 0 Å². The summed E-state index contributed by atoms with van der Waals surface area (Å²) in [5, 5.41) is 0. The number of hydrogen-bond donors (Lipinski definition) is 2. The van der Waals surface area contributed by atoms with Crippen molar-refractivity contribution in [1.82, 2.24) is 19.9 Å². The molecule has 2 aliphatic rings. The third kappa shape index (κ3) is 4.09. The summed E-state index contributed by atoms with van der Waals surface area (Å²) in [7, 11) is 0. The molecule has 2 aromatic carbocycles. The van der Waals surface area contributed by atoms with Crippen molar-refractivity contribution in [2.75, 3.05) is 0 Å². The first-order valence-corrected chi connectivity index (χ1v) is 13.7. The van der Waals surface area contributed by atoms with E-state index in [1.165, 1.54) is 33.4 Å². The maximum absolute atomic E-state index is 5.09. The van der Waals surface area contributed by atoms with Gasteiger partial charge < -0.3 is 9.97 Å². The van der Waals surface area contributed by atoms with Crippen LogP contribution in [0.25, 0.3) is 68.6 Å². The standard InChI is InChI=1S/C36H30N4/c1-21-7-5-8-22(2)33(21)35-29-15-11-25(37-29)19-27-13-17-31(39-27)36(34-23(3)9-6-10-24(34)4)32-18-14-28(40-32)20-26-12-16-30(35)38-26/h5-20,37-38H,1-4H3. The number of aryl methyl sites for hydroxylation is 4. The van der Waals surface area contributed by atoms with Gasteiger partial charge >= 0.3 is 0 Å². The number of aromatic nitrogens is 4. The van der Waals surface area contributed by atoms with Crippen LogP contribution in [0.4, 0.5) is 0 Å². The number of nitrogens with one attached hydrogen (secondary N) is 2. The van der Waals surface area contributed by atoms with Gasteiger partial charge in [0.25, 0.3) is 0 Å². The largest absolute Gasteiger partial charge is 0.355 e. The Balaban J connectivity index is 1.60. The molecule has 0 fully saturated rings. The summed E-state index contributed by atoms with van der Waals surface area (Å²) < 4.78 is 0. The molecule has 5 heterocycles. The number of rotatable bonds is 2. The van der Waals surface area contributed by atoms with Crippen LogP contribution < -0.4 is 0 Å². The van der Waals surface area contributed by atoms with E-state index in [4.69, 9.17) is 9.97 Å². The molecule has 0 radical (unpaired) electrons. The summed E-state index contributed by atoms with van der Waals surface area (Å²) in [4.78, 5) is 17.5. The summed E-state index contributed by atoms with van der Waals surface area (Å²) in [6.45, 7) is 8.67. The summed E-state index contributed by atoms with van der Waals surface area (Å²) in [6, 6.07) is 25.7. The Morgan fingerprint density at radius 3 is 1.32 bits per heavy atom. The van der Waals surface area contributed by atoms with E-state index in [0.717, 1.165) is 56.0 Å². The molecule has 0 amide bonds. The summed E-state index contributed by atoms with van der Waals surface area (Å²) in [5.41, 5.74) is 17.4. The average Bonchev–Trinajstić information content (AvgIpc) is 3.73. The van der Waals surface area contributed by atoms with Crippen molar-refractivity contribution in [2.45, 2.75) is 27.7 Å². The molecule has 0 spiro atoms. The van der Waals surface area contributed by atoms with Crippen molar-refractivity contribution in [3.63, 3.8) is 0 Å². The number of aromatic amines is 2. The Bertz CT molecular complexity index is 1910. The fourth-order valence-electron chi connectivity index (χ4n) is 6.02. The van der Waals surface area contributed by atoms with Crippen molar-refractivity contribution < 1.29 is 0 Å². The molecule has 0 saturated carbocycles. The Labute approximate surface area is 233 Å². The van der Waals surface area contributed by atoms with Crippen molar-refractivity contribution in [1.29, 1.82) is 0 Å². The van der Waals surface area contributed by atoms with Crippen LogP contribution in [-0.2, 0) is 0 Å². The average molecular weight is 519 g/mol. The zero-order chi connectivity index (χ0) is 27.4. The summed E-state index contributed by atoms with van der Waals surface area (Å²) in [5.74, 6) is 0. The molecule has 5 aromatic rings. The number of fused-ring (bicyclic) bond motifs is 8. The minimum atomic E-state index is 0.911. The van der Waals surface area contributed by atoms with Gasteiger partial charge in [0, 0.05) is 33.2 Å². The Morgan fingerprint density at radius 2 is 0.875 bits per heavy atom. The highest BCUT2D eigenvalue weighted by atomic mass is 14.8. The first-order valence-electron chi connectivity index (χ1n) is 13.7. The van der Waals surface area contributed by atoms with Crippen LogP contribution in [0.15, 0.2) is 72.8 Å². The monoisotopic (exact) mass is 518 g/mol. The minimum Gasteiger partial charge on any atom is -0.355 e. The van der Waals surface area contributed by atoms with Crippen LogP contribution in [0.2, 0.25) is 0 Å². The minimum absolute atomic E-state index is 0.911. The third-order valence-electron chi connectivity index (χ3n) is 7.86. The van der Waals surface area contributed by atoms with Gasteiger partial charge in [0.2, 0.25) is 0 Å². The lowest BCUT2D eigenvalue weighted by atomic mass is 9.93. The fourth-order valence-corrected chi connectivity index (χ4v) is 6.02. The molecule has 0 aliphatic carbocycles. The highest BCUT2D eigenvalue weighted by molar-refractivity contribution is 5.96. The van der Waals surface area contributed by atoms with Gasteiger partial charge in [-0.2, -0.15) is 0 Å². The molecule has 0 atom stereocenters. The van der Waals surface area contributed by atoms with Crippen LogP contribution in [0.3, 0.4) is 0 Å². The fraction of sp³-hybridized carbons (Fsp3) is 0.111. The predicted molar refractivity (Wildman–Crippen MR) is 169 cm³/mol. The number of benzene rings is 2. The molecule has 8 bridgehead atoms. The molecule has 2 aliphatic heterocycles. The predicted octanol–water partition coefficient (Wildman–Crippen LogP) is 9.22. The number of H-pyrrole nitrogens is 2. The van der Waals surface area contributed by atoms with E-state index >= 15 is 0 Å². The molecule has 4 heteroatoms. The third-order valence-corrected chi connectivity index (χ3v) is 7.86. The van der Waals surface area contributed by atoms with Gasteiger partial charge in [-0.25, -0.2) is 9.97 Å². The van der Waals surface area contributed by atoms with E-state index in [-0.39, 0.29) is 0 Å². The highest BCUT2D eigenvalue weighted by Gasteiger charge is 2.17. The van der Waals surface area contributed by atoms with Crippen LogP contribution in [0, 0.1) is 27.7 Å². The lowest BCUT2D eigenvalue weighted by Crippen LogP contribution is -1.94. The molecular formula is C36H30N4. The molecule has 3 aromatic heterocycles. The van der Waals surface area contributed by atoms with E-state index in [1.807, 2.05) is 0 Å². The summed E-state index contributed by atoms with van der Waals surface area (Å²) in [6.07, 6.45) is 8.39. The Hall–Kier alpha value is -4.96. The van der Waals surface area contributed by atoms with E-state index in [9.17, 15) is 0 Å². The van der Waals surface area contributed by atoms with Crippen LogP contribution >= 0.6 is 0 Å². The molecule has 0 unspecified atom stereocenters. The molecule has 40 heavy (non-hydrogen) atoms. The van der Waals surface area contributed by atoms with Gasteiger partial charge in [-0.05, 0) is 122 Å². The molecule has 4 nitrogen and oxygen atoms in total. The first kappa shape index (κ1) is 24.1. The van der Waals surface area contributed by atoms with E-state index < -0.39 is 0 Å². The topological polar surface area (TPSA) is 57.4 Å². The van der Waals surface area contributed by atoms with Crippen LogP contribution in [-0.4, -0.2) is 19.9 Å².